The van der Waals surface area contributed by atoms with Gasteiger partial charge in [-0.15, -0.1) is 0 Å². The standard InChI is InChI=1S/C19H32/c1-14(2)12-18(15(3)4)19(16(5)6)13-17-10-8-7-9-11-17/h7-11,14-16,18-19H,12-13H2,1-6H3. The van der Waals surface area contributed by atoms with E-state index < -0.39 is 0 Å². The van der Waals surface area contributed by atoms with Crippen LogP contribution >= 0.6 is 0 Å². The van der Waals surface area contributed by atoms with Crippen LogP contribution in [0.25, 0.3) is 0 Å². The summed E-state index contributed by atoms with van der Waals surface area (Å²) in [4.78, 5) is 0. The summed E-state index contributed by atoms with van der Waals surface area (Å²) in [5, 5.41) is 0. The molecule has 0 N–H and O–H groups in total. The van der Waals surface area contributed by atoms with E-state index in [0.717, 1.165) is 29.6 Å². The van der Waals surface area contributed by atoms with Crippen LogP contribution < -0.4 is 0 Å². The summed E-state index contributed by atoms with van der Waals surface area (Å²) < 4.78 is 0. The minimum atomic E-state index is 0.756. The summed E-state index contributed by atoms with van der Waals surface area (Å²) in [6.07, 6.45) is 2.58. The second-order valence-corrected chi connectivity index (χ2v) is 7.14. The highest BCUT2D eigenvalue weighted by Gasteiger charge is 2.27. The lowest BCUT2D eigenvalue weighted by Crippen LogP contribution is -2.28. The van der Waals surface area contributed by atoms with Crippen molar-refractivity contribution < 1.29 is 0 Å². The Morgan fingerprint density at radius 3 is 1.68 bits per heavy atom. The molecule has 0 aliphatic carbocycles. The Bertz CT molecular complexity index is 334. The zero-order valence-corrected chi connectivity index (χ0v) is 13.7. The third kappa shape index (κ3) is 5.38. The van der Waals surface area contributed by atoms with Crippen molar-refractivity contribution >= 4 is 0 Å². The highest BCUT2D eigenvalue weighted by atomic mass is 14.3. The minimum Gasteiger partial charge on any atom is -0.0628 e. The van der Waals surface area contributed by atoms with Crippen molar-refractivity contribution in [3.63, 3.8) is 0 Å². The smallest absolute Gasteiger partial charge is 0.0245 e. The number of benzene rings is 1. The van der Waals surface area contributed by atoms with Gasteiger partial charge in [-0.05, 0) is 48.0 Å². The van der Waals surface area contributed by atoms with E-state index in [1.54, 1.807) is 0 Å². The van der Waals surface area contributed by atoms with Gasteiger partial charge in [0.1, 0.15) is 0 Å². The molecule has 1 rings (SSSR count). The largest absolute Gasteiger partial charge is 0.0628 e. The van der Waals surface area contributed by atoms with E-state index >= 15 is 0 Å². The third-order valence-corrected chi connectivity index (χ3v) is 4.32. The summed E-state index contributed by atoms with van der Waals surface area (Å²) >= 11 is 0. The van der Waals surface area contributed by atoms with Crippen LogP contribution in [-0.4, -0.2) is 0 Å². The van der Waals surface area contributed by atoms with E-state index in [2.05, 4.69) is 71.9 Å². The fourth-order valence-corrected chi connectivity index (χ4v) is 3.25. The van der Waals surface area contributed by atoms with Crippen molar-refractivity contribution in [2.45, 2.75) is 54.4 Å². The van der Waals surface area contributed by atoms with Gasteiger partial charge in [-0.25, -0.2) is 0 Å². The van der Waals surface area contributed by atoms with Gasteiger partial charge in [-0.2, -0.15) is 0 Å². The van der Waals surface area contributed by atoms with Crippen molar-refractivity contribution in [1.82, 2.24) is 0 Å². The van der Waals surface area contributed by atoms with E-state index in [0.29, 0.717) is 0 Å². The van der Waals surface area contributed by atoms with Crippen molar-refractivity contribution in [2.24, 2.45) is 29.6 Å². The fourth-order valence-electron chi connectivity index (χ4n) is 3.25. The summed E-state index contributed by atoms with van der Waals surface area (Å²) in [7, 11) is 0. The molecule has 0 bridgehead atoms. The molecule has 0 saturated heterocycles. The molecule has 0 amide bonds. The Balaban J connectivity index is 2.85. The lowest BCUT2D eigenvalue weighted by Gasteiger charge is -2.34. The van der Waals surface area contributed by atoms with Crippen molar-refractivity contribution in [3.05, 3.63) is 35.9 Å². The third-order valence-electron chi connectivity index (χ3n) is 4.32. The first-order valence-corrected chi connectivity index (χ1v) is 7.95. The number of hydrogen-bond donors (Lipinski definition) is 0. The molecule has 0 aliphatic rings. The number of rotatable bonds is 7. The lowest BCUT2D eigenvalue weighted by molar-refractivity contribution is 0.166. The van der Waals surface area contributed by atoms with Gasteiger partial charge in [-0.3, -0.25) is 0 Å². The molecule has 0 spiro atoms. The van der Waals surface area contributed by atoms with Gasteiger partial charge < -0.3 is 0 Å². The van der Waals surface area contributed by atoms with Gasteiger partial charge in [0.15, 0.2) is 0 Å². The molecule has 19 heavy (non-hydrogen) atoms. The molecule has 0 nitrogen and oxygen atoms in total. The summed E-state index contributed by atoms with van der Waals surface area (Å²) in [6, 6.07) is 11.0. The molecule has 0 heteroatoms. The monoisotopic (exact) mass is 260 g/mol. The van der Waals surface area contributed by atoms with Crippen molar-refractivity contribution in [1.29, 1.82) is 0 Å². The molecule has 0 heterocycles. The van der Waals surface area contributed by atoms with Crippen LogP contribution in [0.4, 0.5) is 0 Å². The summed E-state index contributed by atoms with van der Waals surface area (Å²) in [6.45, 7) is 14.3. The van der Waals surface area contributed by atoms with Gasteiger partial charge in [0.2, 0.25) is 0 Å². The van der Waals surface area contributed by atoms with Crippen LogP contribution in [0.5, 0.6) is 0 Å². The molecule has 0 radical (unpaired) electrons. The molecule has 1 aromatic rings. The maximum atomic E-state index is 2.40. The number of hydrogen-bond acceptors (Lipinski definition) is 0. The van der Waals surface area contributed by atoms with Gasteiger partial charge in [0, 0.05) is 0 Å². The molecule has 0 fully saturated rings. The predicted octanol–water partition coefficient (Wildman–Crippen LogP) is 5.82. The Morgan fingerprint density at radius 2 is 1.26 bits per heavy atom. The quantitative estimate of drug-likeness (QED) is 0.579. The molecule has 2 unspecified atom stereocenters. The van der Waals surface area contributed by atoms with Crippen LogP contribution in [0.2, 0.25) is 0 Å². The molecular weight excluding hydrogens is 228 g/mol. The Hall–Kier alpha value is -0.780. The SMILES string of the molecule is CC(C)CC(C(C)C)C(Cc1ccccc1)C(C)C. The van der Waals surface area contributed by atoms with Crippen LogP contribution in [0.15, 0.2) is 30.3 Å². The Labute approximate surface area is 120 Å². The molecule has 2 atom stereocenters. The maximum absolute atomic E-state index is 2.40. The second kappa shape index (κ2) is 7.72. The molecular formula is C19H32. The summed E-state index contributed by atoms with van der Waals surface area (Å²) in [5.41, 5.74) is 1.50. The normalized spacial score (nSPS) is 15.2. The first kappa shape index (κ1) is 16.3. The molecule has 0 aliphatic heterocycles. The lowest BCUT2D eigenvalue weighted by atomic mass is 9.71. The van der Waals surface area contributed by atoms with Gasteiger partial charge in [0.05, 0.1) is 0 Å². The molecule has 108 valence electrons. The van der Waals surface area contributed by atoms with Crippen LogP contribution in [0.1, 0.15) is 53.5 Å². The van der Waals surface area contributed by atoms with E-state index in [1.807, 2.05) is 0 Å². The average Bonchev–Trinajstić information content (AvgIpc) is 2.34. The fraction of sp³-hybridized carbons (Fsp3) is 0.684. The Kier molecular flexibility index (Phi) is 6.62. The molecule has 0 aromatic heterocycles. The first-order valence-electron chi connectivity index (χ1n) is 7.95. The van der Waals surface area contributed by atoms with E-state index in [-0.39, 0.29) is 0 Å². The van der Waals surface area contributed by atoms with Crippen LogP contribution in [0, 0.1) is 29.6 Å². The van der Waals surface area contributed by atoms with Gasteiger partial charge in [0.25, 0.3) is 0 Å². The highest BCUT2D eigenvalue weighted by molar-refractivity contribution is 5.15. The van der Waals surface area contributed by atoms with Gasteiger partial charge >= 0.3 is 0 Å². The van der Waals surface area contributed by atoms with Crippen LogP contribution in [-0.2, 0) is 6.42 Å². The molecule has 1 aromatic carbocycles. The zero-order chi connectivity index (χ0) is 14.4. The predicted molar refractivity (Wildman–Crippen MR) is 86.3 cm³/mol. The average molecular weight is 260 g/mol. The first-order chi connectivity index (χ1) is 8.91. The maximum Gasteiger partial charge on any atom is -0.0245 e. The summed E-state index contributed by atoms with van der Waals surface area (Å²) in [5.74, 6) is 3.96. The van der Waals surface area contributed by atoms with Gasteiger partial charge in [-0.1, -0.05) is 71.9 Å². The highest BCUT2D eigenvalue weighted by Crippen LogP contribution is 2.35. The topological polar surface area (TPSA) is 0 Å². The van der Waals surface area contributed by atoms with Crippen molar-refractivity contribution in [3.8, 4) is 0 Å². The van der Waals surface area contributed by atoms with Crippen molar-refractivity contribution in [2.75, 3.05) is 0 Å². The minimum absolute atomic E-state index is 0.756. The molecule has 0 saturated carbocycles. The Morgan fingerprint density at radius 1 is 0.737 bits per heavy atom. The zero-order valence-electron chi connectivity index (χ0n) is 13.7. The van der Waals surface area contributed by atoms with E-state index in [4.69, 9.17) is 0 Å². The van der Waals surface area contributed by atoms with E-state index in [9.17, 15) is 0 Å². The van der Waals surface area contributed by atoms with Crippen LogP contribution in [0.3, 0.4) is 0 Å². The van der Waals surface area contributed by atoms with E-state index in [1.165, 1.54) is 18.4 Å². The second-order valence-electron chi connectivity index (χ2n) is 7.14.